The van der Waals surface area contributed by atoms with E-state index in [1.807, 2.05) is 18.5 Å². The number of amides is 2. The number of aromatic nitrogens is 2. The standard InChI is InChI=1S/C20H24N4O2S/c1-20(6-3-7-20)16-10-13(5-8-22-16)15-12-23-17(27-15)11-18(25)24-9-2-4-14(24)19(21)26/h5,8,10,12,14H,2-4,6-7,9,11H2,1H3,(H2,21,26)/t14-/m0/s1. The minimum Gasteiger partial charge on any atom is -0.368 e. The number of hydrogen-bond donors (Lipinski definition) is 1. The maximum atomic E-state index is 12.6. The summed E-state index contributed by atoms with van der Waals surface area (Å²) >= 11 is 1.53. The largest absolute Gasteiger partial charge is 0.368 e. The van der Waals surface area contributed by atoms with E-state index in [-0.39, 0.29) is 17.7 Å². The number of carbonyl (C=O) groups excluding carboxylic acids is 2. The average molecular weight is 385 g/mol. The fourth-order valence-electron chi connectivity index (χ4n) is 3.99. The quantitative estimate of drug-likeness (QED) is 0.858. The van der Waals surface area contributed by atoms with E-state index >= 15 is 0 Å². The van der Waals surface area contributed by atoms with Crippen molar-refractivity contribution in [2.45, 2.75) is 56.9 Å². The number of thiazole rings is 1. The molecule has 0 spiro atoms. The van der Waals surface area contributed by atoms with Crippen LogP contribution in [0.15, 0.2) is 24.5 Å². The molecule has 2 aliphatic rings. The Morgan fingerprint density at radius 1 is 1.33 bits per heavy atom. The Hall–Kier alpha value is -2.28. The molecule has 142 valence electrons. The lowest BCUT2D eigenvalue weighted by Gasteiger charge is -2.37. The second-order valence-electron chi connectivity index (χ2n) is 7.79. The molecule has 2 fully saturated rings. The van der Waals surface area contributed by atoms with Gasteiger partial charge in [-0.3, -0.25) is 14.6 Å². The molecule has 2 N–H and O–H groups in total. The molecule has 27 heavy (non-hydrogen) atoms. The zero-order chi connectivity index (χ0) is 19.0. The fraction of sp³-hybridized carbons (Fsp3) is 0.500. The van der Waals surface area contributed by atoms with E-state index < -0.39 is 11.9 Å². The molecular formula is C20H24N4O2S. The Labute approximate surface area is 162 Å². The smallest absolute Gasteiger partial charge is 0.240 e. The van der Waals surface area contributed by atoms with Crippen molar-refractivity contribution < 1.29 is 9.59 Å². The van der Waals surface area contributed by atoms with E-state index in [0.717, 1.165) is 27.6 Å². The predicted octanol–water partition coefficient (Wildman–Crippen LogP) is 2.67. The highest BCUT2D eigenvalue weighted by atomic mass is 32.1. The van der Waals surface area contributed by atoms with E-state index in [1.54, 1.807) is 4.90 Å². The van der Waals surface area contributed by atoms with Gasteiger partial charge < -0.3 is 10.6 Å². The van der Waals surface area contributed by atoms with Crippen molar-refractivity contribution in [3.8, 4) is 10.4 Å². The van der Waals surface area contributed by atoms with E-state index in [0.29, 0.717) is 13.0 Å². The van der Waals surface area contributed by atoms with Gasteiger partial charge in [0.05, 0.1) is 11.3 Å². The van der Waals surface area contributed by atoms with Crippen LogP contribution in [-0.2, 0) is 21.4 Å². The van der Waals surface area contributed by atoms with E-state index in [9.17, 15) is 9.59 Å². The van der Waals surface area contributed by atoms with Crippen LogP contribution >= 0.6 is 11.3 Å². The molecule has 7 heteroatoms. The van der Waals surface area contributed by atoms with Crippen molar-refractivity contribution in [2.24, 2.45) is 5.73 Å². The summed E-state index contributed by atoms with van der Waals surface area (Å²) in [5.41, 5.74) is 7.84. The summed E-state index contributed by atoms with van der Waals surface area (Å²) < 4.78 is 0. The minimum absolute atomic E-state index is 0.0744. The van der Waals surface area contributed by atoms with Gasteiger partial charge in [0.1, 0.15) is 11.0 Å². The monoisotopic (exact) mass is 384 g/mol. The number of pyridine rings is 1. The van der Waals surface area contributed by atoms with Gasteiger partial charge in [0.15, 0.2) is 0 Å². The molecule has 6 nitrogen and oxygen atoms in total. The third-order valence-corrected chi connectivity index (χ3v) is 6.92. The van der Waals surface area contributed by atoms with Gasteiger partial charge in [-0.15, -0.1) is 11.3 Å². The summed E-state index contributed by atoms with van der Waals surface area (Å²) in [6.07, 6.45) is 9.00. The molecule has 2 aromatic heterocycles. The molecule has 4 rings (SSSR count). The lowest BCUT2D eigenvalue weighted by molar-refractivity contribution is -0.136. The van der Waals surface area contributed by atoms with E-state index in [2.05, 4.69) is 23.0 Å². The zero-order valence-electron chi connectivity index (χ0n) is 15.5. The number of carbonyl (C=O) groups is 2. The summed E-state index contributed by atoms with van der Waals surface area (Å²) in [5.74, 6) is -0.496. The van der Waals surface area contributed by atoms with Crippen molar-refractivity contribution in [3.63, 3.8) is 0 Å². The van der Waals surface area contributed by atoms with Crippen molar-refractivity contribution in [1.29, 1.82) is 0 Å². The SMILES string of the molecule is CC1(c2cc(-c3cnc(CC(=O)N4CCC[C@H]4C(N)=O)s3)ccn2)CCC1. The van der Waals surface area contributed by atoms with Gasteiger partial charge in [0.2, 0.25) is 11.8 Å². The number of hydrogen-bond acceptors (Lipinski definition) is 5. The Kier molecular flexibility index (Phi) is 4.72. The highest BCUT2D eigenvalue weighted by molar-refractivity contribution is 7.15. The molecule has 0 aromatic carbocycles. The van der Waals surface area contributed by atoms with E-state index in [1.165, 1.54) is 30.6 Å². The van der Waals surface area contributed by atoms with Gasteiger partial charge in [-0.05, 0) is 43.4 Å². The maximum Gasteiger partial charge on any atom is 0.240 e. The van der Waals surface area contributed by atoms with Crippen LogP contribution in [0.4, 0.5) is 0 Å². The van der Waals surface area contributed by atoms with Crippen LogP contribution in [0, 0.1) is 0 Å². The van der Waals surface area contributed by atoms with Crippen molar-refractivity contribution in [1.82, 2.24) is 14.9 Å². The van der Waals surface area contributed by atoms with Gasteiger partial charge in [-0.2, -0.15) is 0 Å². The summed E-state index contributed by atoms with van der Waals surface area (Å²) in [6, 6.07) is 3.68. The van der Waals surface area contributed by atoms with Crippen LogP contribution in [0.1, 0.15) is 49.7 Å². The summed E-state index contributed by atoms with van der Waals surface area (Å²) in [5, 5.41) is 0.762. The molecule has 1 saturated heterocycles. The topological polar surface area (TPSA) is 89.2 Å². The molecule has 3 heterocycles. The first-order chi connectivity index (χ1) is 13.0. The Balaban J connectivity index is 1.48. The maximum absolute atomic E-state index is 12.6. The Bertz CT molecular complexity index is 874. The fourth-order valence-corrected chi connectivity index (χ4v) is 4.90. The number of nitrogens with zero attached hydrogens (tertiary/aromatic N) is 3. The molecular weight excluding hydrogens is 360 g/mol. The minimum atomic E-state index is -0.470. The van der Waals surface area contributed by atoms with Gasteiger partial charge >= 0.3 is 0 Å². The Morgan fingerprint density at radius 3 is 2.85 bits per heavy atom. The third-order valence-electron chi connectivity index (χ3n) is 5.88. The highest BCUT2D eigenvalue weighted by Gasteiger charge is 2.35. The normalized spacial score (nSPS) is 21.1. The van der Waals surface area contributed by atoms with Gasteiger partial charge in [0, 0.05) is 30.0 Å². The van der Waals surface area contributed by atoms with Gasteiger partial charge in [-0.25, -0.2) is 4.98 Å². The van der Waals surface area contributed by atoms with Crippen molar-refractivity contribution in [2.75, 3.05) is 6.54 Å². The number of primary amides is 1. The highest BCUT2D eigenvalue weighted by Crippen LogP contribution is 2.43. The van der Waals surface area contributed by atoms with Crippen LogP contribution in [0.5, 0.6) is 0 Å². The first kappa shape index (κ1) is 18.1. The predicted molar refractivity (Wildman–Crippen MR) is 104 cm³/mol. The van der Waals surface area contributed by atoms with Crippen LogP contribution in [0.3, 0.4) is 0 Å². The van der Waals surface area contributed by atoms with Crippen LogP contribution < -0.4 is 5.73 Å². The third kappa shape index (κ3) is 3.48. The lowest BCUT2D eigenvalue weighted by Crippen LogP contribution is -2.44. The number of nitrogens with two attached hydrogens (primary N) is 1. The molecule has 0 bridgehead atoms. The molecule has 0 unspecified atom stereocenters. The van der Waals surface area contributed by atoms with Crippen LogP contribution in [-0.4, -0.2) is 39.3 Å². The van der Waals surface area contributed by atoms with E-state index in [4.69, 9.17) is 5.73 Å². The molecule has 2 aromatic rings. The second kappa shape index (κ2) is 7.03. The lowest BCUT2D eigenvalue weighted by atomic mass is 9.68. The number of likely N-dealkylation sites (tertiary alicyclic amines) is 1. The average Bonchev–Trinajstić information content (AvgIpc) is 3.29. The summed E-state index contributed by atoms with van der Waals surface area (Å²) in [6.45, 7) is 2.86. The zero-order valence-corrected chi connectivity index (χ0v) is 16.3. The molecule has 1 saturated carbocycles. The molecule has 1 aliphatic carbocycles. The van der Waals surface area contributed by atoms with Crippen LogP contribution in [0.25, 0.3) is 10.4 Å². The summed E-state index contributed by atoms with van der Waals surface area (Å²) in [7, 11) is 0. The molecule has 1 aliphatic heterocycles. The first-order valence-corrected chi connectivity index (χ1v) is 10.3. The molecule has 1 atom stereocenters. The van der Waals surface area contributed by atoms with Crippen LogP contribution in [0.2, 0.25) is 0 Å². The Morgan fingerprint density at radius 2 is 2.15 bits per heavy atom. The van der Waals surface area contributed by atoms with Gasteiger partial charge in [-0.1, -0.05) is 13.3 Å². The molecule has 0 radical (unpaired) electrons. The first-order valence-electron chi connectivity index (χ1n) is 9.47. The second-order valence-corrected chi connectivity index (χ2v) is 8.90. The summed E-state index contributed by atoms with van der Waals surface area (Å²) in [4.78, 5) is 35.7. The number of rotatable bonds is 5. The van der Waals surface area contributed by atoms with Gasteiger partial charge in [0.25, 0.3) is 0 Å². The molecule has 2 amide bonds. The van der Waals surface area contributed by atoms with Crippen molar-refractivity contribution in [3.05, 3.63) is 35.2 Å². The van der Waals surface area contributed by atoms with Crippen molar-refractivity contribution >= 4 is 23.2 Å².